The van der Waals surface area contributed by atoms with E-state index in [1.807, 2.05) is 0 Å². The summed E-state index contributed by atoms with van der Waals surface area (Å²) in [6.45, 7) is 12.9. The SMILES string of the molecule is C[C@H]1CC[C@@]2(OC1)O[C@H]1C[C@H]3[C@H]4CC[C@@H]5C[C@@H](O[C@@H]6O[C@@H](CO)[C@@H](O[C@@H]7O[C@H](C)[C@@H](O)[C@H](O)[C@H]7O)[C@H](O[C@@H]7O[C@@H](C)[C@H](O)[C@H](O)[C@@H]7O)[C@H]6O)CC[C@]5(C)[C@H]4CC[C@]3(C)[C@H]1[C@@H]2C. The van der Waals surface area contributed by atoms with E-state index in [0.717, 1.165) is 58.0 Å². The predicted molar refractivity (Wildman–Crippen MR) is 213 cm³/mol. The van der Waals surface area contributed by atoms with Gasteiger partial charge in [-0.15, -0.1) is 0 Å². The topological polar surface area (TPSA) is 236 Å². The first-order chi connectivity index (χ1) is 28.9. The van der Waals surface area contributed by atoms with Gasteiger partial charge in [0.15, 0.2) is 24.7 Å². The number of aliphatic hydroxyl groups excluding tert-OH is 8. The molecule has 0 unspecified atom stereocenters. The van der Waals surface area contributed by atoms with Gasteiger partial charge >= 0.3 is 0 Å². The van der Waals surface area contributed by atoms with Crippen LogP contribution in [-0.4, -0.2) is 164 Å². The lowest BCUT2D eigenvalue weighted by molar-refractivity contribution is -0.388. The van der Waals surface area contributed by atoms with Crippen LogP contribution in [-0.2, 0) is 37.9 Å². The standard InChI is InChI=1S/C45H74O16/c1-19-9-14-45(54-18-19)20(2)30-28(61-45)16-27-25-8-7-23-15-24(10-12-43(23,5)26(25)11-13-44(27,30)6)57-42-37(53)39(60-41-36(52)34(50)32(48)22(4)56-41)38(29(17-46)58-42)59-40-35(51)33(49)31(47)21(3)55-40/h19-42,46-53H,7-18H2,1-6H3/t19-,20-,21+,22-,23+,24-,25-,26-,27-,28-,29-,30-,31+,32-,33-,34-,35+,36-,37+,38+,39+,40-,41-,42+,43-,44-,45+/m0/s1. The van der Waals surface area contributed by atoms with E-state index in [9.17, 15) is 40.9 Å². The molecule has 5 aliphatic heterocycles. The Bertz CT molecular complexity index is 1530. The molecule has 0 bridgehead atoms. The maximum atomic E-state index is 12.0. The minimum absolute atomic E-state index is 0.134. The number of aliphatic hydroxyl groups is 8. The molecule has 350 valence electrons. The van der Waals surface area contributed by atoms with Crippen molar-refractivity contribution in [3.8, 4) is 0 Å². The number of hydrogen-bond acceptors (Lipinski definition) is 16. The molecule has 9 aliphatic rings. The molecule has 27 atom stereocenters. The minimum atomic E-state index is -1.72. The third-order valence-electron chi connectivity index (χ3n) is 18.2. The van der Waals surface area contributed by atoms with E-state index in [-0.39, 0.29) is 23.0 Å². The molecule has 16 nitrogen and oxygen atoms in total. The van der Waals surface area contributed by atoms with Crippen molar-refractivity contribution >= 4 is 0 Å². The first-order valence-electron chi connectivity index (χ1n) is 23.5. The Kier molecular flexibility index (Phi) is 12.6. The first-order valence-corrected chi connectivity index (χ1v) is 23.5. The normalized spacial score (nSPS) is 59.7. The highest BCUT2D eigenvalue weighted by molar-refractivity contribution is 5.15. The van der Waals surface area contributed by atoms with E-state index in [4.69, 9.17) is 37.9 Å². The molecule has 0 aromatic rings. The van der Waals surface area contributed by atoms with Crippen LogP contribution in [0.1, 0.15) is 106 Å². The third kappa shape index (κ3) is 7.50. The summed E-state index contributed by atoms with van der Waals surface area (Å²) in [4.78, 5) is 0. The van der Waals surface area contributed by atoms with Crippen LogP contribution in [0.3, 0.4) is 0 Å². The molecule has 0 radical (unpaired) electrons. The number of ether oxygens (including phenoxy) is 8. The molecule has 9 fully saturated rings. The fourth-order valence-electron chi connectivity index (χ4n) is 14.6. The highest BCUT2D eigenvalue weighted by Gasteiger charge is 2.69. The summed E-state index contributed by atoms with van der Waals surface area (Å²) in [5.74, 6) is 3.33. The Morgan fingerprint density at radius 1 is 0.590 bits per heavy atom. The third-order valence-corrected chi connectivity index (χ3v) is 18.2. The van der Waals surface area contributed by atoms with E-state index >= 15 is 0 Å². The fraction of sp³-hybridized carbons (Fsp3) is 1.00. The molecule has 4 saturated carbocycles. The van der Waals surface area contributed by atoms with Crippen molar-refractivity contribution in [2.45, 2.75) is 216 Å². The van der Waals surface area contributed by atoms with Gasteiger partial charge in [0, 0.05) is 12.3 Å². The van der Waals surface area contributed by atoms with Crippen molar-refractivity contribution in [1.82, 2.24) is 0 Å². The second kappa shape index (κ2) is 16.9. The van der Waals surface area contributed by atoms with E-state index < -0.39 is 105 Å². The molecule has 61 heavy (non-hydrogen) atoms. The lowest BCUT2D eigenvalue weighted by atomic mass is 9.44. The van der Waals surface area contributed by atoms with Crippen molar-refractivity contribution < 1.29 is 78.7 Å². The lowest BCUT2D eigenvalue weighted by Gasteiger charge is -2.61. The maximum Gasteiger partial charge on any atom is 0.187 e. The van der Waals surface area contributed by atoms with Crippen LogP contribution in [0, 0.1) is 52.3 Å². The van der Waals surface area contributed by atoms with Gasteiger partial charge < -0.3 is 78.7 Å². The molecular formula is C45H74O16. The lowest BCUT2D eigenvalue weighted by Crippen LogP contribution is -2.67. The molecular weight excluding hydrogens is 796 g/mol. The largest absolute Gasteiger partial charge is 0.394 e. The van der Waals surface area contributed by atoms with Crippen molar-refractivity contribution in [3.05, 3.63) is 0 Å². The molecule has 4 aliphatic carbocycles. The van der Waals surface area contributed by atoms with Crippen LogP contribution < -0.4 is 0 Å². The van der Waals surface area contributed by atoms with Crippen LogP contribution in [0.2, 0.25) is 0 Å². The summed E-state index contributed by atoms with van der Waals surface area (Å²) >= 11 is 0. The maximum absolute atomic E-state index is 12.0. The van der Waals surface area contributed by atoms with Gasteiger partial charge in [0.25, 0.3) is 0 Å². The average molecular weight is 871 g/mol. The first kappa shape index (κ1) is 45.5. The van der Waals surface area contributed by atoms with Gasteiger partial charge in [0.2, 0.25) is 0 Å². The van der Waals surface area contributed by atoms with Crippen molar-refractivity contribution in [2.24, 2.45) is 52.3 Å². The Morgan fingerprint density at radius 3 is 1.84 bits per heavy atom. The van der Waals surface area contributed by atoms with Crippen LogP contribution in [0.5, 0.6) is 0 Å². The summed E-state index contributed by atoms with van der Waals surface area (Å²) in [5.41, 5.74) is 0.368. The van der Waals surface area contributed by atoms with Gasteiger partial charge in [-0.3, -0.25) is 0 Å². The van der Waals surface area contributed by atoms with Crippen molar-refractivity contribution in [2.75, 3.05) is 13.2 Å². The van der Waals surface area contributed by atoms with Crippen LogP contribution >= 0.6 is 0 Å². The smallest absolute Gasteiger partial charge is 0.187 e. The summed E-state index contributed by atoms with van der Waals surface area (Å²) in [5, 5.41) is 86.1. The van der Waals surface area contributed by atoms with E-state index in [1.54, 1.807) is 0 Å². The Morgan fingerprint density at radius 2 is 1.21 bits per heavy atom. The molecule has 0 aromatic carbocycles. The second-order valence-corrected chi connectivity index (χ2v) is 21.5. The molecule has 9 rings (SSSR count). The second-order valence-electron chi connectivity index (χ2n) is 21.5. The zero-order valence-corrected chi connectivity index (χ0v) is 36.7. The molecule has 8 N–H and O–H groups in total. The Labute approximate surface area is 359 Å². The van der Waals surface area contributed by atoms with Gasteiger partial charge in [-0.25, -0.2) is 0 Å². The fourth-order valence-corrected chi connectivity index (χ4v) is 14.6. The highest BCUT2D eigenvalue weighted by Crippen LogP contribution is 2.71. The van der Waals surface area contributed by atoms with Crippen LogP contribution in [0.15, 0.2) is 0 Å². The number of rotatable bonds is 7. The number of fused-ring (bicyclic) bond motifs is 7. The van der Waals surface area contributed by atoms with Gasteiger partial charge in [-0.05, 0) is 118 Å². The minimum Gasteiger partial charge on any atom is -0.394 e. The molecule has 5 heterocycles. The van der Waals surface area contributed by atoms with Gasteiger partial charge in [-0.1, -0.05) is 27.7 Å². The average Bonchev–Trinajstić information content (AvgIpc) is 3.69. The summed E-state index contributed by atoms with van der Waals surface area (Å²) in [7, 11) is 0. The van der Waals surface area contributed by atoms with E-state index in [0.29, 0.717) is 41.4 Å². The summed E-state index contributed by atoms with van der Waals surface area (Å²) in [6.07, 6.45) is -11.1. The van der Waals surface area contributed by atoms with Crippen molar-refractivity contribution in [3.63, 3.8) is 0 Å². The van der Waals surface area contributed by atoms with E-state index in [1.165, 1.54) is 26.7 Å². The van der Waals surface area contributed by atoms with Gasteiger partial charge in [-0.2, -0.15) is 0 Å². The monoisotopic (exact) mass is 870 g/mol. The highest BCUT2D eigenvalue weighted by atomic mass is 16.8. The molecule has 5 saturated heterocycles. The van der Waals surface area contributed by atoms with Crippen LogP contribution in [0.25, 0.3) is 0 Å². The summed E-state index contributed by atoms with van der Waals surface area (Å²) < 4.78 is 50.1. The Balaban J connectivity index is 0.887. The summed E-state index contributed by atoms with van der Waals surface area (Å²) in [6, 6.07) is 0. The van der Waals surface area contributed by atoms with Gasteiger partial charge in [0.1, 0.15) is 61.0 Å². The molecule has 0 aromatic heterocycles. The zero-order valence-electron chi connectivity index (χ0n) is 36.7. The zero-order chi connectivity index (χ0) is 43.5. The predicted octanol–water partition coefficient (Wildman–Crippen LogP) is 1.32. The van der Waals surface area contributed by atoms with Crippen molar-refractivity contribution in [1.29, 1.82) is 0 Å². The molecule has 16 heteroatoms. The van der Waals surface area contributed by atoms with E-state index in [2.05, 4.69) is 27.7 Å². The quantitative estimate of drug-likeness (QED) is 0.169. The van der Waals surface area contributed by atoms with Crippen LogP contribution in [0.4, 0.5) is 0 Å². The molecule has 1 spiro atoms. The Hall–Kier alpha value is -0.640. The molecule has 0 amide bonds. The van der Waals surface area contributed by atoms with Gasteiger partial charge in [0.05, 0.1) is 37.6 Å². The number of hydrogen-bond donors (Lipinski definition) is 8.